The van der Waals surface area contributed by atoms with Gasteiger partial charge in [0.05, 0.1) is 15.6 Å². The summed E-state index contributed by atoms with van der Waals surface area (Å²) in [6, 6.07) is 23.5. The number of furan rings is 1. The molecule has 4 aromatic rings. The van der Waals surface area contributed by atoms with Crippen molar-refractivity contribution in [3.63, 3.8) is 0 Å². The van der Waals surface area contributed by atoms with E-state index < -0.39 is 10.8 Å². The molecule has 1 aliphatic heterocycles. The zero-order valence-electron chi connectivity index (χ0n) is 21.6. The molecule has 0 aliphatic carbocycles. The molecule has 0 spiro atoms. The highest BCUT2D eigenvalue weighted by Gasteiger charge is 2.23. The molecule has 0 unspecified atom stereocenters. The summed E-state index contributed by atoms with van der Waals surface area (Å²) in [5.41, 5.74) is 2.48. The lowest BCUT2D eigenvalue weighted by molar-refractivity contribution is -0.384. The van der Waals surface area contributed by atoms with Crippen LogP contribution in [-0.2, 0) is 0 Å². The van der Waals surface area contributed by atoms with Gasteiger partial charge in [-0.05, 0) is 54.7 Å². The van der Waals surface area contributed by atoms with Crippen molar-refractivity contribution in [2.45, 2.75) is 0 Å². The Bertz CT molecular complexity index is 1620. The molecule has 1 fully saturated rings. The molecule has 1 saturated heterocycles. The number of thiocarbonyl (C=S) groups is 1. The van der Waals surface area contributed by atoms with E-state index in [0.29, 0.717) is 53.8 Å². The van der Waals surface area contributed by atoms with Crippen molar-refractivity contribution in [1.29, 1.82) is 0 Å². The van der Waals surface area contributed by atoms with Gasteiger partial charge in [-0.25, -0.2) is 0 Å². The molecule has 3 aromatic carbocycles. The van der Waals surface area contributed by atoms with Crippen molar-refractivity contribution in [3.05, 3.63) is 111 Å². The third-order valence-electron chi connectivity index (χ3n) is 6.53. The number of non-ortho nitro benzene ring substituents is 1. The predicted molar refractivity (Wildman–Crippen MR) is 160 cm³/mol. The zero-order chi connectivity index (χ0) is 28.9. The van der Waals surface area contributed by atoms with Gasteiger partial charge >= 0.3 is 0 Å². The van der Waals surface area contributed by atoms with Gasteiger partial charge in [0.2, 0.25) is 0 Å². The number of carbonyl (C=O) groups excluding carboxylic acids is 2. The summed E-state index contributed by atoms with van der Waals surface area (Å²) < 4.78 is 5.59. The molecular weight excluding hydrogens is 566 g/mol. The highest BCUT2D eigenvalue weighted by Crippen LogP contribution is 2.30. The van der Waals surface area contributed by atoms with Gasteiger partial charge in [-0.1, -0.05) is 41.9 Å². The van der Waals surface area contributed by atoms with E-state index in [1.54, 1.807) is 24.3 Å². The van der Waals surface area contributed by atoms with E-state index in [2.05, 4.69) is 15.5 Å². The maximum absolute atomic E-state index is 12.7. The van der Waals surface area contributed by atoms with Crippen molar-refractivity contribution >= 4 is 57.8 Å². The summed E-state index contributed by atoms with van der Waals surface area (Å²) in [5.74, 6) is -0.259. The molecular formula is C29H24ClN5O5S. The van der Waals surface area contributed by atoms with Crippen LogP contribution in [0.2, 0.25) is 5.02 Å². The van der Waals surface area contributed by atoms with Crippen molar-refractivity contribution in [1.82, 2.24) is 10.2 Å². The number of carbonyl (C=O) groups is 2. The first-order valence-corrected chi connectivity index (χ1v) is 13.4. The molecule has 2 N–H and O–H groups in total. The van der Waals surface area contributed by atoms with Crippen LogP contribution in [0.4, 0.5) is 17.1 Å². The number of nitro benzene ring substituents is 1. The second-order valence-electron chi connectivity index (χ2n) is 9.19. The lowest BCUT2D eigenvalue weighted by Gasteiger charge is -2.36. The number of nitrogens with zero attached hydrogens (tertiary/aromatic N) is 3. The lowest BCUT2D eigenvalue weighted by Crippen LogP contribution is -2.48. The van der Waals surface area contributed by atoms with E-state index in [1.807, 2.05) is 41.3 Å². The molecule has 208 valence electrons. The second kappa shape index (κ2) is 12.2. The van der Waals surface area contributed by atoms with Gasteiger partial charge in [0.25, 0.3) is 17.5 Å². The number of hydrogen-bond acceptors (Lipinski definition) is 7. The van der Waals surface area contributed by atoms with Crippen LogP contribution in [0.5, 0.6) is 0 Å². The summed E-state index contributed by atoms with van der Waals surface area (Å²) in [6.45, 7) is 2.44. The Hall–Kier alpha value is -4.74. The number of rotatable bonds is 6. The number of nitrogens with one attached hydrogen (secondary N) is 2. The molecule has 1 aliphatic rings. The van der Waals surface area contributed by atoms with Crippen molar-refractivity contribution in [2.75, 3.05) is 36.4 Å². The number of piperazine rings is 1. The average molecular weight is 590 g/mol. The zero-order valence-corrected chi connectivity index (χ0v) is 23.2. The number of anilines is 2. The number of amides is 2. The maximum atomic E-state index is 12.7. The normalized spacial score (nSPS) is 13.0. The number of benzene rings is 3. The number of nitro groups is 1. The van der Waals surface area contributed by atoms with Crippen LogP contribution in [-0.4, -0.2) is 52.9 Å². The van der Waals surface area contributed by atoms with E-state index in [9.17, 15) is 19.7 Å². The Labute approximate surface area is 245 Å². The average Bonchev–Trinajstić information content (AvgIpc) is 3.48. The fraction of sp³-hybridized carbons (Fsp3) is 0.138. The maximum Gasteiger partial charge on any atom is 0.293 e. The summed E-state index contributed by atoms with van der Waals surface area (Å²) in [7, 11) is 0. The summed E-state index contributed by atoms with van der Waals surface area (Å²) in [4.78, 5) is 39.9. The second-order valence-corrected chi connectivity index (χ2v) is 10.0. The summed E-state index contributed by atoms with van der Waals surface area (Å²) >= 11 is 11.9. The SMILES string of the molecule is O=C(NC(=S)Nc1ccc(N2CCN(C(=O)c3ccccc3)CC2)c(Cl)c1)c1ccc(-c2cccc([N+](=O)[O-])c2)o1. The highest BCUT2D eigenvalue weighted by atomic mass is 35.5. The van der Waals surface area contributed by atoms with E-state index >= 15 is 0 Å². The van der Waals surface area contributed by atoms with Crippen LogP contribution >= 0.6 is 23.8 Å². The van der Waals surface area contributed by atoms with E-state index in [1.165, 1.54) is 24.3 Å². The van der Waals surface area contributed by atoms with Crippen LogP contribution in [0.1, 0.15) is 20.9 Å². The Balaban J connectivity index is 1.15. The Morgan fingerprint density at radius 3 is 2.39 bits per heavy atom. The Morgan fingerprint density at radius 2 is 1.68 bits per heavy atom. The standard InChI is InChI=1S/C29H24ClN5O5S/c30-23-18-21(9-10-24(23)33-13-15-34(16-14-33)28(37)19-5-2-1-3-6-19)31-29(41)32-27(36)26-12-11-25(40-26)20-7-4-8-22(17-20)35(38)39/h1-12,17-18H,13-16H2,(H2,31,32,36,41). The minimum absolute atomic E-state index is 0.00563. The molecule has 0 atom stereocenters. The van der Waals surface area contributed by atoms with Gasteiger partial charge in [0.1, 0.15) is 5.76 Å². The molecule has 0 bridgehead atoms. The predicted octanol–water partition coefficient (Wildman–Crippen LogP) is 5.60. The molecule has 0 saturated carbocycles. The van der Waals surface area contributed by atoms with Crippen LogP contribution in [0, 0.1) is 10.1 Å². The van der Waals surface area contributed by atoms with Crippen molar-refractivity contribution in [2.24, 2.45) is 0 Å². The third kappa shape index (κ3) is 6.53. The smallest absolute Gasteiger partial charge is 0.293 e. The van der Waals surface area contributed by atoms with Gasteiger partial charge in [-0.2, -0.15) is 0 Å². The van der Waals surface area contributed by atoms with Crippen molar-refractivity contribution < 1.29 is 18.9 Å². The largest absolute Gasteiger partial charge is 0.451 e. The molecule has 12 heteroatoms. The van der Waals surface area contributed by atoms with E-state index in [4.69, 9.17) is 28.2 Å². The minimum Gasteiger partial charge on any atom is -0.451 e. The van der Waals surface area contributed by atoms with E-state index in [0.717, 1.165) is 5.69 Å². The van der Waals surface area contributed by atoms with Gasteiger partial charge in [-0.15, -0.1) is 0 Å². The van der Waals surface area contributed by atoms with Crippen LogP contribution in [0.3, 0.4) is 0 Å². The van der Waals surface area contributed by atoms with Crippen molar-refractivity contribution in [3.8, 4) is 11.3 Å². The lowest BCUT2D eigenvalue weighted by atomic mass is 10.1. The molecule has 5 rings (SSSR count). The molecule has 0 radical (unpaired) electrons. The third-order valence-corrected chi connectivity index (χ3v) is 7.04. The molecule has 2 amide bonds. The quantitative estimate of drug-likeness (QED) is 0.169. The van der Waals surface area contributed by atoms with E-state index in [-0.39, 0.29) is 22.5 Å². The Morgan fingerprint density at radius 1 is 0.927 bits per heavy atom. The van der Waals surface area contributed by atoms with Crippen LogP contribution in [0.15, 0.2) is 89.3 Å². The minimum atomic E-state index is -0.579. The summed E-state index contributed by atoms with van der Waals surface area (Å²) in [6.07, 6.45) is 0. The van der Waals surface area contributed by atoms with Gasteiger partial charge in [-0.3, -0.25) is 25.0 Å². The first-order valence-electron chi connectivity index (χ1n) is 12.6. The topological polar surface area (TPSA) is 121 Å². The fourth-order valence-electron chi connectivity index (χ4n) is 4.47. The van der Waals surface area contributed by atoms with Gasteiger partial charge in [0.15, 0.2) is 10.9 Å². The van der Waals surface area contributed by atoms with Crippen LogP contribution in [0.25, 0.3) is 11.3 Å². The molecule has 41 heavy (non-hydrogen) atoms. The van der Waals surface area contributed by atoms with Gasteiger partial charge in [0, 0.05) is 55.1 Å². The number of halogens is 1. The van der Waals surface area contributed by atoms with Crippen LogP contribution < -0.4 is 15.5 Å². The monoisotopic (exact) mass is 589 g/mol. The summed E-state index contributed by atoms with van der Waals surface area (Å²) in [5, 5.41) is 17.1. The number of hydrogen-bond donors (Lipinski definition) is 2. The highest BCUT2D eigenvalue weighted by molar-refractivity contribution is 7.80. The fourth-order valence-corrected chi connectivity index (χ4v) is 4.98. The Kier molecular flexibility index (Phi) is 8.27. The first kappa shape index (κ1) is 27.8. The molecule has 1 aromatic heterocycles. The first-order chi connectivity index (χ1) is 19.8. The van der Waals surface area contributed by atoms with Gasteiger partial charge < -0.3 is 19.5 Å². The molecule has 2 heterocycles. The molecule has 10 nitrogen and oxygen atoms in total.